The van der Waals surface area contributed by atoms with Crippen LogP contribution in [0.3, 0.4) is 0 Å². The van der Waals surface area contributed by atoms with Crippen molar-refractivity contribution >= 4 is 11.9 Å². The van der Waals surface area contributed by atoms with Crippen molar-refractivity contribution < 1.29 is 14.3 Å². The molecule has 3 atom stereocenters. The summed E-state index contributed by atoms with van der Waals surface area (Å²) in [5, 5.41) is 2.97. The maximum absolute atomic E-state index is 12.4. The second kappa shape index (κ2) is 6.65. The fraction of sp³-hybridized carbons (Fsp3) is 0.263. The number of amides is 1. The minimum atomic E-state index is -0.817. The van der Waals surface area contributed by atoms with Gasteiger partial charge >= 0.3 is 5.97 Å². The van der Waals surface area contributed by atoms with Gasteiger partial charge in [0.1, 0.15) is 5.92 Å². The van der Waals surface area contributed by atoms with Crippen LogP contribution in [0.15, 0.2) is 60.7 Å². The van der Waals surface area contributed by atoms with Gasteiger partial charge in [0.15, 0.2) is 0 Å². The van der Waals surface area contributed by atoms with Crippen molar-refractivity contribution in [1.82, 2.24) is 5.32 Å². The highest BCUT2D eigenvalue weighted by atomic mass is 16.5. The van der Waals surface area contributed by atoms with E-state index in [9.17, 15) is 9.59 Å². The summed E-state index contributed by atoms with van der Waals surface area (Å²) in [7, 11) is 0. The molecule has 1 amide bonds. The summed E-state index contributed by atoms with van der Waals surface area (Å²) in [5.41, 5.74) is 1.94. The van der Waals surface area contributed by atoms with E-state index in [-0.39, 0.29) is 24.5 Å². The third kappa shape index (κ3) is 2.97. The summed E-state index contributed by atoms with van der Waals surface area (Å²) in [6.45, 7) is 2.01. The van der Waals surface area contributed by atoms with Gasteiger partial charge in [-0.05, 0) is 18.1 Å². The van der Waals surface area contributed by atoms with Gasteiger partial charge in [-0.3, -0.25) is 9.59 Å². The molecule has 0 bridgehead atoms. The molecule has 1 fully saturated rings. The van der Waals surface area contributed by atoms with Gasteiger partial charge in [-0.25, -0.2) is 0 Å². The van der Waals surface area contributed by atoms with Crippen LogP contribution in [0.5, 0.6) is 0 Å². The number of nitrogens with one attached hydrogen (secondary N) is 1. The second-order valence-corrected chi connectivity index (χ2v) is 5.56. The fourth-order valence-electron chi connectivity index (χ4n) is 3.19. The Morgan fingerprint density at radius 1 is 1.00 bits per heavy atom. The molecule has 0 aliphatic carbocycles. The van der Waals surface area contributed by atoms with E-state index in [0.29, 0.717) is 0 Å². The van der Waals surface area contributed by atoms with Crippen LogP contribution in [0.1, 0.15) is 30.0 Å². The summed E-state index contributed by atoms with van der Waals surface area (Å²) in [4.78, 5) is 24.8. The van der Waals surface area contributed by atoms with E-state index in [1.54, 1.807) is 6.92 Å². The first kappa shape index (κ1) is 15.3. The van der Waals surface area contributed by atoms with Gasteiger partial charge in [0, 0.05) is 5.92 Å². The molecule has 1 saturated heterocycles. The van der Waals surface area contributed by atoms with Crippen molar-refractivity contribution in [3.8, 4) is 0 Å². The highest BCUT2D eigenvalue weighted by Gasteiger charge is 2.48. The largest absolute Gasteiger partial charge is 0.465 e. The van der Waals surface area contributed by atoms with Gasteiger partial charge in [-0.2, -0.15) is 0 Å². The lowest BCUT2D eigenvalue weighted by atomic mass is 9.81. The first-order chi connectivity index (χ1) is 11.2. The van der Waals surface area contributed by atoms with Crippen LogP contribution in [-0.4, -0.2) is 18.5 Å². The molecule has 2 aromatic rings. The first-order valence-electron chi connectivity index (χ1n) is 7.79. The van der Waals surface area contributed by atoms with Crippen LogP contribution >= 0.6 is 0 Å². The molecular weight excluding hydrogens is 290 g/mol. The molecule has 23 heavy (non-hydrogen) atoms. The van der Waals surface area contributed by atoms with Crippen molar-refractivity contribution in [2.45, 2.75) is 18.9 Å². The molecule has 0 spiro atoms. The Balaban J connectivity index is 2.03. The molecule has 0 radical (unpaired) electrons. The molecule has 4 heteroatoms. The number of hydrogen-bond acceptors (Lipinski definition) is 3. The monoisotopic (exact) mass is 309 g/mol. The van der Waals surface area contributed by atoms with Crippen LogP contribution in [0.25, 0.3) is 0 Å². The van der Waals surface area contributed by atoms with E-state index < -0.39 is 11.9 Å². The summed E-state index contributed by atoms with van der Waals surface area (Å²) in [5.74, 6) is -1.82. The highest BCUT2D eigenvalue weighted by molar-refractivity contribution is 6.01. The normalized spacial score (nSPS) is 23.3. The maximum Gasteiger partial charge on any atom is 0.319 e. The second-order valence-electron chi connectivity index (χ2n) is 5.56. The minimum Gasteiger partial charge on any atom is -0.465 e. The molecule has 0 aromatic heterocycles. The topological polar surface area (TPSA) is 55.4 Å². The summed E-state index contributed by atoms with van der Waals surface area (Å²) in [6, 6.07) is 19.2. The van der Waals surface area contributed by atoms with E-state index >= 15 is 0 Å². The zero-order chi connectivity index (χ0) is 16.2. The Morgan fingerprint density at radius 3 is 2.13 bits per heavy atom. The number of benzene rings is 2. The van der Waals surface area contributed by atoms with E-state index in [1.807, 2.05) is 60.7 Å². The lowest BCUT2D eigenvalue weighted by Crippen LogP contribution is -2.28. The number of ether oxygens (including phenoxy) is 1. The highest BCUT2D eigenvalue weighted by Crippen LogP contribution is 2.42. The van der Waals surface area contributed by atoms with Gasteiger partial charge < -0.3 is 10.1 Å². The molecule has 118 valence electrons. The number of rotatable bonds is 4. The smallest absolute Gasteiger partial charge is 0.319 e. The Labute approximate surface area is 135 Å². The molecule has 0 saturated carbocycles. The SMILES string of the molecule is CCOC(=O)[C@@H]1C(=O)N[C@@H](c2ccccc2)[C@@H]1c1ccccc1. The van der Waals surface area contributed by atoms with Crippen molar-refractivity contribution in [2.75, 3.05) is 6.61 Å². The third-order valence-corrected chi connectivity index (χ3v) is 4.18. The molecule has 1 N–H and O–H groups in total. The third-order valence-electron chi connectivity index (χ3n) is 4.18. The van der Waals surface area contributed by atoms with E-state index in [0.717, 1.165) is 11.1 Å². The van der Waals surface area contributed by atoms with E-state index in [4.69, 9.17) is 4.74 Å². The minimum absolute atomic E-state index is 0.236. The number of hydrogen-bond donors (Lipinski definition) is 1. The maximum atomic E-state index is 12.4. The van der Waals surface area contributed by atoms with Crippen molar-refractivity contribution in [3.63, 3.8) is 0 Å². The number of esters is 1. The lowest BCUT2D eigenvalue weighted by Gasteiger charge is -2.22. The first-order valence-corrected chi connectivity index (χ1v) is 7.79. The molecule has 1 aliphatic heterocycles. The average Bonchev–Trinajstić information content (AvgIpc) is 2.94. The van der Waals surface area contributed by atoms with Gasteiger partial charge in [0.05, 0.1) is 12.6 Å². The molecule has 3 rings (SSSR count). The number of carbonyl (C=O) groups is 2. The lowest BCUT2D eigenvalue weighted by molar-refractivity contribution is -0.151. The fourth-order valence-corrected chi connectivity index (χ4v) is 3.19. The summed E-state index contributed by atoms with van der Waals surface area (Å²) in [6.07, 6.45) is 0. The van der Waals surface area contributed by atoms with E-state index in [1.165, 1.54) is 0 Å². The molecule has 4 nitrogen and oxygen atoms in total. The standard InChI is InChI=1S/C19H19NO3/c1-2-23-19(22)16-15(13-9-5-3-6-10-13)17(20-18(16)21)14-11-7-4-8-12-14/h3-12,15-17H,2H2,1H3,(H,20,21)/t15-,16+,17+/m1/s1. The Morgan fingerprint density at radius 2 is 1.57 bits per heavy atom. The van der Waals surface area contributed by atoms with Gasteiger partial charge in [-0.15, -0.1) is 0 Å². The van der Waals surface area contributed by atoms with E-state index in [2.05, 4.69) is 5.32 Å². The van der Waals surface area contributed by atoms with Crippen LogP contribution < -0.4 is 5.32 Å². The van der Waals surface area contributed by atoms with Crippen LogP contribution in [0, 0.1) is 5.92 Å². The molecule has 2 aromatic carbocycles. The Hall–Kier alpha value is -2.62. The summed E-state index contributed by atoms with van der Waals surface area (Å²) < 4.78 is 5.13. The van der Waals surface area contributed by atoms with Gasteiger partial charge in [0.25, 0.3) is 0 Å². The zero-order valence-electron chi connectivity index (χ0n) is 12.9. The number of carbonyl (C=O) groups excluding carboxylic acids is 2. The molecule has 1 aliphatic rings. The van der Waals surface area contributed by atoms with Crippen molar-refractivity contribution in [2.24, 2.45) is 5.92 Å². The summed E-state index contributed by atoms with van der Waals surface area (Å²) >= 11 is 0. The zero-order valence-corrected chi connectivity index (χ0v) is 12.9. The Kier molecular flexibility index (Phi) is 4.42. The predicted octanol–water partition coefficient (Wildman–Crippen LogP) is 2.82. The van der Waals surface area contributed by atoms with Gasteiger partial charge in [0.2, 0.25) is 5.91 Å². The quantitative estimate of drug-likeness (QED) is 0.698. The van der Waals surface area contributed by atoms with Crippen LogP contribution in [-0.2, 0) is 14.3 Å². The van der Waals surface area contributed by atoms with Crippen molar-refractivity contribution in [3.05, 3.63) is 71.8 Å². The Bertz CT molecular complexity index is 684. The predicted molar refractivity (Wildman–Crippen MR) is 86.6 cm³/mol. The van der Waals surface area contributed by atoms with Crippen molar-refractivity contribution in [1.29, 1.82) is 0 Å². The molecular formula is C19H19NO3. The van der Waals surface area contributed by atoms with Gasteiger partial charge in [-0.1, -0.05) is 60.7 Å². The van der Waals surface area contributed by atoms with Crippen LogP contribution in [0.2, 0.25) is 0 Å². The average molecular weight is 309 g/mol. The van der Waals surface area contributed by atoms with Crippen LogP contribution in [0.4, 0.5) is 0 Å². The molecule has 1 heterocycles. The molecule has 0 unspecified atom stereocenters.